The van der Waals surface area contributed by atoms with Gasteiger partial charge in [-0.15, -0.1) is 0 Å². The number of nitrogens with zero attached hydrogens (tertiary/aromatic N) is 2. The number of carbonyl (C=O) groups is 2. The summed E-state index contributed by atoms with van der Waals surface area (Å²) in [6.45, 7) is 2.12. The van der Waals surface area contributed by atoms with Crippen LogP contribution in [0.2, 0.25) is 0 Å². The first-order valence-electron chi connectivity index (χ1n) is 7.18. The third-order valence-corrected chi connectivity index (χ3v) is 4.01. The van der Waals surface area contributed by atoms with Crippen LogP contribution in [-0.4, -0.2) is 28.2 Å². The molecule has 2 amide bonds. The van der Waals surface area contributed by atoms with E-state index in [1.807, 2.05) is 6.92 Å². The van der Waals surface area contributed by atoms with Gasteiger partial charge in [-0.2, -0.15) is 0 Å². The number of non-ortho nitro benzene ring substituents is 1. The molecule has 0 spiro atoms. The predicted octanol–water partition coefficient (Wildman–Crippen LogP) is 2.99. The van der Waals surface area contributed by atoms with Gasteiger partial charge in [-0.25, -0.2) is 0 Å². The number of hydrogen-bond acceptors (Lipinski definition) is 4. The maximum absolute atomic E-state index is 12.3. The normalized spacial score (nSPS) is 14.7. The molecule has 0 aliphatic carbocycles. The van der Waals surface area contributed by atoms with Crippen molar-refractivity contribution in [1.29, 1.82) is 0 Å². The van der Waals surface area contributed by atoms with E-state index in [0.29, 0.717) is 11.1 Å². The zero-order valence-electron chi connectivity index (χ0n) is 12.4. The lowest BCUT2D eigenvalue weighted by Crippen LogP contribution is -2.33. The van der Waals surface area contributed by atoms with Crippen molar-refractivity contribution in [2.24, 2.45) is 0 Å². The Kier molecular flexibility index (Phi) is 3.65. The predicted molar refractivity (Wildman–Crippen MR) is 83.3 cm³/mol. The van der Waals surface area contributed by atoms with E-state index in [4.69, 9.17) is 0 Å². The number of amides is 2. The van der Waals surface area contributed by atoms with Gasteiger partial charge in [0.1, 0.15) is 0 Å². The SMILES string of the molecule is C[C@@H](CN1C(=O)c2ccccc2C1=O)c1ccc([N+](=O)[O-])cc1. The number of carbonyl (C=O) groups excluding carboxylic acids is 2. The van der Waals surface area contributed by atoms with E-state index < -0.39 is 4.92 Å². The number of rotatable bonds is 4. The standard InChI is InChI=1S/C17H14N2O4/c1-11(12-6-8-13(9-7-12)19(22)23)10-18-16(20)14-4-2-3-5-15(14)17(18)21/h2-9,11H,10H2,1H3/t11-/m0/s1. The van der Waals surface area contributed by atoms with E-state index in [1.165, 1.54) is 17.0 Å². The molecule has 1 atom stereocenters. The topological polar surface area (TPSA) is 80.5 Å². The van der Waals surface area contributed by atoms with Crippen LogP contribution in [0.25, 0.3) is 0 Å². The second-order valence-electron chi connectivity index (χ2n) is 5.52. The monoisotopic (exact) mass is 310 g/mol. The first-order valence-corrected chi connectivity index (χ1v) is 7.18. The molecule has 0 fully saturated rings. The van der Waals surface area contributed by atoms with Gasteiger partial charge in [0.25, 0.3) is 17.5 Å². The molecule has 2 aromatic rings. The molecule has 23 heavy (non-hydrogen) atoms. The number of benzene rings is 2. The summed E-state index contributed by atoms with van der Waals surface area (Å²) in [6, 6.07) is 12.9. The van der Waals surface area contributed by atoms with Crippen molar-refractivity contribution in [1.82, 2.24) is 4.90 Å². The minimum Gasteiger partial charge on any atom is -0.274 e. The minimum atomic E-state index is -0.460. The van der Waals surface area contributed by atoms with Gasteiger partial charge >= 0.3 is 0 Å². The zero-order chi connectivity index (χ0) is 16.6. The highest BCUT2D eigenvalue weighted by Gasteiger charge is 2.35. The van der Waals surface area contributed by atoms with Gasteiger partial charge in [0, 0.05) is 18.7 Å². The summed E-state index contributed by atoms with van der Waals surface area (Å²) < 4.78 is 0. The lowest BCUT2D eigenvalue weighted by Gasteiger charge is -2.19. The van der Waals surface area contributed by atoms with Crippen molar-refractivity contribution in [2.45, 2.75) is 12.8 Å². The highest BCUT2D eigenvalue weighted by Crippen LogP contribution is 2.26. The fourth-order valence-electron chi connectivity index (χ4n) is 2.71. The van der Waals surface area contributed by atoms with Crippen molar-refractivity contribution in [3.05, 3.63) is 75.3 Å². The maximum atomic E-state index is 12.3. The van der Waals surface area contributed by atoms with Gasteiger partial charge in [-0.1, -0.05) is 31.2 Å². The van der Waals surface area contributed by atoms with Crippen LogP contribution in [0.3, 0.4) is 0 Å². The number of imide groups is 1. The Morgan fingerprint density at radius 1 is 1.00 bits per heavy atom. The average molecular weight is 310 g/mol. The fraction of sp³-hybridized carbons (Fsp3) is 0.176. The highest BCUT2D eigenvalue weighted by molar-refractivity contribution is 6.21. The van der Waals surface area contributed by atoms with Gasteiger partial charge in [-0.3, -0.25) is 24.6 Å². The summed E-state index contributed by atoms with van der Waals surface area (Å²) in [7, 11) is 0. The Hall–Kier alpha value is -3.02. The Morgan fingerprint density at radius 3 is 2.00 bits per heavy atom. The molecule has 0 aromatic heterocycles. The van der Waals surface area contributed by atoms with Crippen LogP contribution in [-0.2, 0) is 0 Å². The molecule has 116 valence electrons. The lowest BCUT2D eigenvalue weighted by atomic mass is 10.0. The summed E-state index contributed by atoms with van der Waals surface area (Å²) in [5, 5.41) is 10.7. The molecular formula is C17H14N2O4. The Labute approximate surface area is 132 Å². The van der Waals surface area contributed by atoms with Crippen LogP contribution in [0.15, 0.2) is 48.5 Å². The van der Waals surface area contributed by atoms with E-state index >= 15 is 0 Å². The summed E-state index contributed by atoms with van der Waals surface area (Å²) >= 11 is 0. The lowest BCUT2D eigenvalue weighted by molar-refractivity contribution is -0.384. The molecule has 1 heterocycles. The quantitative estimate of drug-likeness (QED) is 0.494. The molecule has 3 rings (SSSR count). The summed E-state index contributed by atoms with van der Waals surface area (Å²) in [5.41, 5.74) is 1.70. The van der Waals surface area contributed by atoms with Crippen LogP contribution in [0.4, 0.5) is 5.69 Å². The number of hydrogen-bond donors (Lipinski definition) is 0. The number of nitro benzene ring substituents is 1. The van der Waals surface area contributed by atoms with Crippen molar-refractivity contribution in [2.75, 3.05) is 6.54 Å². The first-order chi connectivity index (χ1) is 11.0. The second-order valence-corrected chi connectivity index (χ2v) is 5.52. The molecule has 6 nitrogen and oxygen atoms in total. The Morgan fingerprint density at radius 2 is 1.52 bits per heavy atom. The van der Waals surface area contributed by atoms with E-state index in [0.717, 1.165) is 5.56 Å². The summed E-state index contributed by atoms with van der Waals surface area (Å²) in [6.07, 6.45) is 0. The van der Waals surface area contributed by atoms with Gasteiger partial charge in [0.2, 0.25) is 0 Å². The molecule has 6 heteroatoms. The second kappa shape index (κ2) is 5.64. The molecule has 2 aromatic carbocycles. The van der Waals surface area contributed by atoms with Crippen LogP contribution in [0.1, 0.15) is 39.1 Å². The average Bonchev–Trinajstić information content (AvgIpc) is 2.80. The maximum Gasteiger partial charge on any atom is 0.269 e. The molecule has 0 radical (unpaired) electrons. The van der Waals surface area contributed by atoms with Crippen LogP contribution >= 0.6 is 0 Å². The highest BCUT2D eigenvalue weighted by atomic mass is 16.6. The van der Waals surface area contributed by atoms with Gasteiger partial charge in [0.15, 0.2) is 0 Å². The minimum absolute atomic E-state index is 0.0154. The van der Waals surface area contributed by atoms with E-state index in [-0.39, 0.29) is 30.0 Å². The molecule has 1 aliphatic heterocycles. The van der Waals surface area contributed by atoms with E-state index in [2.05, 4.69) is 0 Å². The summed E-state index contributed by atoms with van der Waals surface area (Å²) in [4.78, 5) is 36.1. The molecular weight excluding hydrogens is 296 g/mol. The van der Waals surface area contributed by atoms with Crippen molar-refractivity contribution in [3.8, 4) is 0 Å². The smallest absolute Gasteiger partial charge is 0.269 e. The Balaban J connectivity index is 1.79. The van der Waals surface area contributed by atoms with Crippen LogP contribution in [0.5, 0.6) is 0 Å². The first kappa shape index (κ1) is 14.9. The molecule has 0 unspecified atom stereocenters. The molecule has 0 saturated heterocycles. The molecule has 0 bridgehead atoms. The third kappa shape index (κ3) is 2.59. The van der Waals surface area contributed by atoms with E-state index in [1.54, 1.807) is 36.4 Å². The zero-order valence-corrected chi connectivity index (χ0v) is 12.4. The molecule has 0 saturated carbocycles. The number of fused-ring (bicyclic) bond motifs is 1. The van der Waals surface area contributed by atoms with Crippen molar-refractivity contribution >= 4 is 17.5 Å². The number of nitro groups is 1. The molecule has 1 aliphatic rings. The van der Waals surface area contributed by atoms with Crippen LogP contribution < -0.4 is 0 Å². The van der Waals surface area contributed by atoms with E-state index in [9.17, 15) is 19.7 Å². The van der Waals surface area contributed by atoms with Gasteiger partial charge in [-0.05, 0) is 23.6 Å². The fourth-order valence-corrected chi connectivity index (χ4v) is 2.71. The van der Waals surface area contributed by atoms with Crippen molar-refractivity contribution < 1.29 is 14.5 Å². The van der Waals surface area contributed by atoms with Crippen LogP contribution in [0, 0.1) is 10.1 Å². The Bertz CT molecular complexity index is 763. The van der Waals surface area contributed by atoms with Gasteiger partial charge in [0.05, 0.1) is 16.1 Å². The third-order valence-electron chi connectivity index (χ3n) is 4.01. The summed E-state index contributed by atoms with van der Waals surface area (Å²) in [5.74, 6) is -0.697. The molecule has 0 N–H and O–H groups in total. The van der Waals surface area contributed by atoms with Gasteiger partial charge < -0.3 is 0 Å². The largest absolute Gasteiger partial charge is 0.274 e. The van der Waals surface area contributed by atoms with Crippen molar-refractivity contribution in [3.63, 3.8) is 0 Å².